The highest BCUT2D eigenvalue weighted by Gasteiger charge is 2.15. The average Bonchev–Trinajstić information content (AvgIpc) is 2.29. The maximum absolute atomic E-state index is 11.3. The molecule has 0 saturated carbocycles. The molecular weight excluding hydrogens is 242 g/mol. The number of aryl methyl sites for hydroxylation is 1. The van der Waals surface area contributed by atoms with Gasteiger partial charge in [0.05, 0.1) is 6.42 Å². The Morgan fingerprint density at radius 2 is 2.24 bits per heavy atom. The lowest BCUT2D eigenvalue weighted by molar-refractivity contribution is -0.133. The lowest BCUT2D eigenvalue weighted by atomic mass is 10.0. The number of nitrogens with one attached hydrogen (secondary N) is 1. The average molecular weight is 254 g/mol. The van der Waals surface area contributed by atoms with Crippen molar-refractivity contribution in [2.75, 3.05) is 11.2 Å². The van der Waals surface area contributed by atoms with Gasteiger partial charge in [-0.25, -0.2) is 0 Å². The predicted octanol–water partition coefficient (Wildman–Crippen LogP) is 2.11. The fourth-order valence-electron chi connectivity index (χ4n) is 1.68. The van der Waals surface area contributed by atoms with Crippen molar-refractivity contribution in [2.45, 2.75) is 19.3 Å². The number of alkyl halides is 1. The molecule has 4 nitrogen and oxygen atoms in total. The first kappa shape index (κ1) is 11.9. The summed E-state index contributed by atoms with van der Waals surface area (Å²) < 4.78 is 5.11. The van der Waals surface area contributed by atoms with Gasteiger partial charge in [0, 0.05) is 18.0 Å². The van der Waals surface area contributed by atoms with E-state index in [2.05, 4.69) is 5.32 Å². The standard InChI is InChI=1S/C12H12ClNO3/c13-6-5-12(16)17-9-2-3-10-8(7-9)1-4-11(15)14-10/h2-3,7H,1,4-6H2,(H,14,15). The molecule has 0 fully saturated rings. The Morgan fingerprint density at radius 3 is 3.00 bits per heavy atom. The van der Waals surface area contributed by atoms with Crippen molar-refractivity contribution in [1.82, 2.24) is 0 Å². The van der Waals surface area contributed by atoms with Gasteiger partial charge in [0.2, 0.25) is 5.91 Å². The lowest BCUT2D eigenvalue weighted by Gasteiger charge is -2.17. The Kier molecular flexibility index (Phi) is 3.64. The Labute approximate surface area is 104 Å². The Hall–Kier alpha value is -1.55. The first-order valence-corrected chi connectivity index (χ1v) is 5.92. The van der Waals surface area contributed by atoms with Crippen LogP contribution in [0.15, 0.2) is 18.2 Å². The fraction of sp³-hybridized carbons (Fsp3) is 0.333. The highest BCUT2D eigenvalue weighted by atomic mass is 35.5. The van der Waals surface area contributed by atoms with E-state index in [4.69, 9.17) is 16.3 Å². The lowest BCUT2D eigenvalue weighted by Crippen LogP contribution is -2.19. The van der Waals surface area contributed by atoms with Crippen molar-refractivity contribution >= 4 is 29.2 Å². The minimum absolute atomic E-state index is 0.0179. The van der Waals surface area contributed by atoms with Crippen LogP contribution in [0.5, 0.6) is 5.75 Å². The van der Waals surface area contributed by atoms with Crippen LogP contribution < -0.4 is 10.1 Å². The third kappa shape index (κ3) is 2.97. The monoisotopic (exact) mass is 253 g/mol. The van der Waals surface area contributed by atoms with Crippen LogP contribution in [-0.2, 0) is 16.0 Å². The highest BCUT2D eigenvalue weighted by molar-refractivity contribution is 6.18. The molecule has 1 aliphatic heterocycles. The molecule has 0 aromatic heterocycles. The Balaban J connectivity index is 2.11. The zero-order chi connectivity index (χ0) is 12.3. The molecular formula is C12H12ClNO3. The number of ether oxygens (including phenoxy) is 1. The predicted molar refractivity (Wildman–Crippen MR) is 64.4 cm³/mol. The number of rotatable bonds is 3. The number of fused-ring (bicyclic) bond motifs is 1. The van der Waals surface area contributed by atoms with Crippen LogP contribution in [0.4, 0.5) is 5.69 Å². The SMILES string of the molecule is O=C1CCc2cc(OC(=O)CCCl)ccc2N1. The third-order valence-corrected chi connectivity index (χ3v) is 2.69. The zero-order valence-corrected chi connectivity index (χ0v) is 9.92. The van der Waals surface area contributed by atoms with Crippen LogP contribution >= 0.6 is 11.6 Å². The van der Waals surface area contributed by atoms with Crippen LogP contribution in [0.25, 0.3) is 0 Å². The van der Waals surface area contributed by atoms with E-state index < -0.39 is 0 Å². The largest absolute Gasteiger partial charge is 0.426 e. The van der Waals surface area contributed by atoms with E-state index in [9.17, 15) is 9.59 Å². The number of hydrogen-bond donors (Lipinski definition) is 1. The van der Waals surface area contributed by atoms with Gasteiger partial charge in [-0.15, -0.1) is 11.6 Å². The van der Waals surface area contributed by atoms with Crippen LogP contribution in [-0.4, -0.2) is 17.8 Å². The number of carbonyl (C=O) groups excluding carboxylic acids is 2. The molecule has 1 heterocycles. The van der Waals surface area contributed by atoms with Crippen molar-refractivity contribution in [1.29, 1.82) is 0 Å². The quantitative estimate of drug-likeness (QED) is 0.510. The summed E-state index contributed by atoms with van der Waals surface area (Å²) in [5.41, 5.74) is 1.78. The molecule has 0 spiro atoms. The molecule has 1 aliphatic rings. The summed E-state index contributed by atoms with van der Waals surface area (Å²) in [5.74, 6) is 0.416. The van der Waals surface area contributed by atoms with Gasteiger partial charge < -0.3 is 10.1 Å². The van der Waals surface area contributed by atoms with Gasteiger partial charge in [0.1, 0.15) is 5.75 Å². The molecule has 2 rings (SSSR count). The molecule has 0 unspecified atom stereocenters. The molecule has 90 valence electrons. The maximum atomic E-state index is 11.3. The summed E-state index contributed by atoms with van der Waals surface area (Å²) >= 11 is 5.45. The van der Waals surface area contributed by atoms with E-state index >= 15 is 0 Å². The maximum Gasteiger partial charge on any atom is 0.312 e. The molecule has 0 atom stereocenters. The van der Waals surface area contributed by atoms with Crippen molar-refractivity contribution in [3.63, 3.8) is 0 Å². The number of halogens is 1. The van der Waals surface area contributed by atoms with Crippen LogP contribution in [0.2, 0.25) is 0 Å². The first-order chi connectivity index (χ1) is 8.19. The fourth-order valence-corrected chi connectivity index (χ4v) is 1.84. The summed E-state index contributed by atoms with van der Waals surface area (Å²) in [6, 6.07) is 5.19. The molecule has 1 amide bonds. The van der Waals surface area contributed by atoms with E-state index in [1.54, 1.807) is 18.2 Å². The number of esters is 1. The first-order valence-electron chi connectivity index (χ1n) is 5.38. The molecule has 0 saturated heterocycles. The molecule has 0 bridgehead atoms. The molecule has 0 radical (unpaired) electrons. The van der Waals surface area contributed by atoms with Gasteiger partial charge in [-0.1, -0.05) is 0 Å². The molecule has 0 aliphatic carbocycles. The van der Waals surface area contributed by atoms with E-state index in [1.165, 1.54) is 0 Å². The van der Waals surface area contributed by atoms with Crippen molar-refractivity contribution < 1.29 is 14.3 Å². The highest BCUT2D eigenvalue weighted by Crippen LogP contribution is 2.26. The smallest absolute Gasteiger partial charge is 0.312 e. The van der Waals surface area contributed by atoms with E-state index in [1.807, 2.05) is 0 Å². The minimum atomic E-state index is -0.347. The summed E-state index contributed by atoms with van der Waals surface area (Å²) in [5, 5.41) is 2.77. The van der Waals surface area contributed by atoms with Gasteiger partial charge in [-0.3, -0.25) is 9.59 Å². The molecule has 17 heavy (non-hydrogen) atoms. The van der Waals surface area contributed by atoms with Gasteiger partial charge in [-0.05, 0) is 30.2 Å². The summed E-state index contributed by atoms with van der Waals surface area (Å²) in [7, 11) is 0. The third-order valence-electron chi connectivity index (χ3n) is 2.50. The van der Waals surface area contributed by atoms with Gasteiger partial charge in [-0.2, -0.15) is 0 Å². The summed E-state index contributed by atoms with van der Waals surface area (Å²) in [6.45, 7) is 0. The second kappa shape index (κ2) is 5.19. The van der Waals surface area contributed by atoms with Crippen molar-refractivity contribution in [3.8, 4) is 5.75 Å². The van der Waals surface area contributed by atoms with Crippen LogP contribution in [0, 0.1) is 0 Å². The molecule has 1 N–H and O–H groups in total. The molecule has 1 aromatic rings. The van der Waals surface area contributed by atoms with Gasteiger partial charge in [0.25, 0.3) is 0 Å². The van der Waals surface area contributed by atoms with Gasteiger partial charge >= 0.3 is 5.97 Å². The summed E-state index contributed by atoms with van der Waals surface area (Å²) in [4.78, 5) is 22.4. The molecule has 5 heteroatoms. The van der Waals surface area contributed by atoms with E-state index in [0.29, 0.717) is 18.6 Å². The normalized spacial score (nSPS) is 13.8. The van der Waals surface area contributed by atoms with E-state index in [0.717, 1.165) is 11.3 Å². The van der Waals surface area contributed by atoms with Crippen LogP contribution in [0.3, 0.4) is 0 Å². The van der Waals surface area contributed by atoms with Crippen LogP contribution in [0.1, 0.15) is 18.4 Å². The number of hydrogen-bond acceptors (Lipinski definition) is 3. The zero-order valence-electron chi connectivity index (χ0n) is 9.16. The Morgan fingerprint density at radius 1 is 1.41 bits per heavy atom. The summed E-state index contributed by atoms with van der Waals surface area (Å²) in [6.07, 6.45) is 1.32. The second-order valence-corrected chi connectivity index (χ2v) is 4.16. The van der Waals surface area contributed by atoms with Gasteiger partial charge in [0.15, 0.2) is 0 Å². The van der Waals surface area contributed by atoms with E-state index in [-0.39, 0.29) is 24.2 Å². The number of amides is 1. The number of carbonyl (C=O) groups is 2. The molecule has 1 aromatic carbocycles. The Bertz CT molecular complexity index is 459. The van der Waals surface area contributed by atoms with Crippen molar-refractivity contribution in [3.05, 3.63) is 23.8 Å². The minimum Gasteiger partial charge on any atom is -0.426 e. The second-order valence-electron chi connectivity index (χ2n) is 3.78. The number of benzene rings is 1. The number of anilines is 1. The topological polar surface area (TPSA) is 55.4 Å². The van der Waals surface area contributed by atoms with Crippen molar-refractivity contribution in [2.24, 2.45) is 0 Å².